The summed E-state index contributed by atoms with van der Waals surface area (Å²) in [5, 5.41) is 6.87. The Morgan fingerprint density at radius 1 is 1.08 bits per heavy atom. The molecule has 0 aliphatic rings. The highest BCUT2D eigenvalue weighted by atomic mass is 32.2. The van der Waals surface area contributed by atoms with Crippen LogP contribution in [-0.4, -0.2) is 23.7 Å². The van der Waals surface area contributed by atoms with Gasteiger partial charge < -0.3 is 0 Å². The fourth-order valence-electron chi connectivity index (χ4n) is 2.57. The fraction of sp³-hybridized carbons (Fsp3) is 0.238. The molecule has 0 atom stereocenters. The molecule has 2 aromatic carbocycles. The number of hydrogen-bond acceptors (Lipinski definition) is 4. The number of benzene rings is 2. The van der Waals surface area contributed by atoms with Crippen LogP contribution in [0.1, 0.15) is 23.6 Å². The molecular formula is C21H23N3S2. The van der Waals surface area contributed by atoms with Crippen molar-refractivity contribution in [2.24, 2.45) is 10.1 Å². The van der Waals surface area contributed by atoms with Crippen LogP contribution in [0.25, 0.3) is 11.3 Å². The number of nitrogens with zero attached hydrogens (tertiary/aromatic N) is 3. The Morgan fingerprint density at radius 2 is 1.85 bits per heavy atom. The molecule has 1 heterocycles. The van der Waals surface area contributed by atoms with E-state index in [-0.39, 0.29) is 0 Å². The van der Waals surface area contributed by atoms with Crippen molar-refractivity contribution >= 4 is 29.3 Å². The van der Waals surface area contributed by atoms with Gasteiger partial charge in [0.2, 0.25) is 4.80 Å². The van der Waals surface area contributed by atoms with Crippen molar-refractivity contribution in [3.8, 4) is 11.3 Å². The average Bonchev–Trinajstić information content (AvgIpc) is 3.05. The van der Waals surface area contributed by atoms with Gasteiger partial charge in [0.05, 0.1) is 11.9 Å². The van der Waals surface area contributed by atoms with Crippen molar-refractivity contribution in [2.45, 2.75) is 25.7 Å². The second-order valence-electron chi connectivity index (χ2n) is 6.01. The monoisotopic (exact) mass is 381 g/mol. The lowest BCUT2D eigenvalue weighted by Crippen LogP contribution is -2.12. The molecule has 1 aromatic heterocycles. The van der Waals surface area contributed by atoms with Crippen molar-refractivity contribution in [2.75, 3.05) is 12.8 Å². The summed E-state index contributed by atoms with van der Waals surface area (Å²) in [6.07, 6.45) is 3.98. The summed E-state index contributed by atoms with van der Waals surface area (Å²) in [7, 11) is 0. The van der Waals surface area contributed by atoms with Crippen LogP contribution >= 0.6 is 23.1 Å². The third-order valence-corrected chi connectivity index (χ3v) is 5.82. The van der Waals surface area contributed by atoms with Gasteiger partial charge in [-0.15, -0.1) is 23.1 Å². The Labute approximate surface area is 163 Å². The van der Waals surface area contributed by atoms with Crippen LogP contribution in [0.3, 0.4) is 0 Å². The Bertz CT molecular complexity index is 979. The molecular weight excluding hydrogens is 358 g/mol. The lowest BCUT2D eigenvalue weighted by atomic mass is 10.1. The van der Waals surface area contributed by atoms with Gasteiger partial charge in [-0.25, -0.2) is 4.68 Å². The second-order valence-corrected chi connectivity index (χ2v) is 7.72. The predicted molar refractivity (Wildman–Crippen MR) is 115 cm³/mol. The van der Waals surface area contributed by atoms with Gasteiger partial charge in [-0.2, -0.15) is 5.10 Å². The quantitative estimate of drug-likeness (QED) is 0.432. The van der Waals surface area contributed by atoms with Gasteiger partial charge in [0.1, 0.15) is 0 Å². The summed E-state index contributed by atoms with van der Waals surface area (Å²) in [5.74, 6) is 0. The number of rotatable bonds is 5. The van der Waals surface area contributed by atoms with E-state index in [9.17, 15) is 0 Å². The highest BCUT2D eigenvalue weighted by molar-refractivity contribution is 7.98. The highest BCUT2D eigenvalue weighted by Gasteiger charge is 2.08. The van der Waals surface area contributed by atoms with Crippen LogP contribution in [0.4, 0.5) is 0 Å². The summed E-state index contributed by atoms with van der Waals surface area (Å²) in [6.45, 7) is 7.06. The van der Waals surface area contributed by atoms with Crippen LogP contribution in [-0.2, 0) is 0 Å². The number of thioether (sulfide) groups is 1. The fourth-order valence-corrected chi connectivity index (χ4v) is 3.88. The number of aromatic nitrogens is 1. The van der Waals surface area contributed by atoms with E-state index in [1.54, 1.807) is 23.1 Å². The first kappa shape index (κ1) is 18.7. The van der Waals surface area contributed by atoms with Gasteiger partial charge >= 0.3 is 0 Å². The average molecular weight is 382 g/mol. The van der Waals surface area contributed by atoms with Gasteiger partial charge in [0, 0.05) is 22.4 Å². The smallest absolute Gasteiger partial charge is 0.206 e. The molecule has 0 unspecified atom stereocenters. The van der Waals surface area contributed by atoms with E-state index in [2.05, 4.69) is 72.9 Å². The molecule has 26 heavy (non-hydrogen) atoms. The van der Waals surface area contributed by atoms with Crippen LogP contribution in [0.5, 0.6) is 0 Å². The van der Waals surface area contributed by atoms with Gasteiger partial charge in [0.25, 0.3) is 0 Å². The Morgan fingerprint density at radius 3 is 2.50 bits per heavy atom. The topological polar surface area (TPSA) is 29.6 Å². The molecule has 0 aliphatic carbocycles. The SMILES string of the molecule is CCN=c1scc(-c2ccc(C)c(C)c2)n1/N=C\c1ccc(SC)cc1. The van der Waals surface area contributed by atoms with Crippen LogP contribution in [0.2, 0.25) is 0 Å². The normalized spacial score (nSPS) is 12.2. The zero-order valence-electron chi connectivity index (χ0n) is 15.6. The van der Waals surface area contributed by atoms with Gasteiger partial charge in [-0.3, -0.25) is 4.99 Å². The molecule has 0 amide bonds. The van der Waals surface area contributed by atoms with E-state index in [4.69, 9.17) is 5.10 Å². The molecule has 5 heteroatoms. The van der Waals surface area contributed by atoms with Crippen LogP contribution < -0.4 is 4.80 Å². The van der Waals surface area contributed by atoms with E-state index >= 15 is 0 Å². The molecule has 0 spiro atoms. The molecule has 0 N–H and O–H groups in total. The molecule has 0 fully saturated rings. The van der Waals surface area contributed by atoms with E-state index < -0.39 is 0 Å². The van der Waals surface area contributed by atoms with Crippen LogP contribution in [0, 0.1) is 13.8 Å². The zero-order valence-corrected chi connectivity index (χ0v) is 17.2. The Balaban J connectivity index is 2.03. The third-order valence-electron chi connectivity index (χ3n) is 4.22. The lowest BCUT2D eigenvalue weighted by molar-refractivity contribution is 0.833. The molecule has 3 rings (SSSR count). The van der Waals surface area contributed by atoms with Crippen molar-refractivity contribution in [1.29, 1.82) is 0 Å². The molecule has 0 saturated carbocycles. The van der Waals surface area contributed by atoms with E-state index in [0.29, 0.717) is 0 Å². The van der Waals surface area contributed by atoms with E-state index in [1.165, 1.54) is 16.0 Å². The summed E-state index contributed by atoms with van der Waals surface area (Å²) in [4.78, 5) is 6.76. The molecule has 3 aromatic rings. The summed E-state index contributed by atoms with van der Waals surface area (Å²) >= 11 is 3.37. The first-order valence-corrected chi connectivity index (χ1v) is 10.7. The summed E-state index contributed by atoms with van der Waals surface area (Å²) < 4.78 is 1.95. The number of hydrogen-bond donors (Lipinski definition) is 0. The van der Waals surface area contributed by atoms with Gasteiger partial charge in [-0.05, 0) is 61.9 Å². The maximum Gasteiger partial charge on any atom is 0.206 e. The number of thiazole rings is 1. The van der Waals surface area contributed by atoms with Crippen molar-refractivity contribution in [3.63, 3.8) is 0 Å². The third kappa shape index (κ3) is 4.17. The minimum absolute atomic E-state index is 0.741. The second kappa shape index (κ2) is 8.52. The molecule has 0 aliphatic heterocycles. The minimum atomic E-state index is 0.741. The maximum atomic E-state index is 4.74. The maximum absolute atomic E-state index is 4.74. The van der Waals surface area contributed by atoms with Crippen LogP contribution in [0.15, 0.2) is 62.8 Å². The Kier molecular flexibility index (Phi) is 6.12. The standard InChI is InChI=1S/C21H23N3S2/c1-5-22-21-24(23-13-17-7-10-19(25-4)11-8-17)20(14-26-21)18-9-6-15(2)16(3)12-18/h6-14H,5H2,1-4H3/b22-21?,23-13-. The van der Waals surface area contributed by atoms with E-state index in [1.807, 2.05) is 17.8 Å². The summed E-state index contributed by atoms with van der Waals surface area (Å²) in [6, 6.07) is 14.9. The first-order valence-electron chi connectivity index (χ1n) is 8.59. The summed E-state index contributed by atoms with van der Waals surface area (Å²) in [5.41, 5.74) is 5.89. The molecule has 0 radical (unpaired) electrons. The van der Waals surface area contributed by atoms with E-state index in [0.717, 1.165) is 28.2 Å². The van der Waals surface area contributed by atoms with Gasteiger partial charge in [0.15, 0.2) is 0 Å². The van der Waals surface area contributed by atoms with Crippen molar-refractivity contribution in [3.05, 3.63) is 69.3 Å². The molecule has 3 nitrogen and oxygen atoms in total. The molecule has 0 bridgehead atoms. The lowest BCUT2D eigenvalue weighted by Gasteiger charge is -2.06. The van der Waals surface area contributed by atoms with Crippen molar-refractivity contribution in [1.82, 2.24) is 4.68 Å². The Hall–Kier alpha value is -2.11. The minimum Gasteiger partial charge on any atom is -0.258 e. The largest absolute Gasteiger partial charge is 0.258 e. The number of aryl methyl sites for hydroxylation is 2. The highest BCUT2D eigenvalue weighted by Crippen LogP contribution is 2.23. The van der Waals surface area contributed by atoms with Crippen molar-refractivity contribution < 1.29 is 0 Å². The molecule has 134 valence electrons. The van der Waals surface area contributed by atoms with Gasteiger partial charge in [-0.1, -0.05) is 24.3 Å². The predicted octanol–water partition coefficient (Wildman–Crippen LogP) is 5.36. The first-order chi connectivity index (χ1) is 12.6. The zero-order chi connectivity index (χ0) is 18.5. The molecule has 0 saturated heterocycles.